The van der Waals surface area contributed by atoms with Crippen LogP contribution in [0.25, 0.3) is 6.08 Å². The molecule has 1 saturated heterocycles. The van der Waals surface area contributed by atoms with Crippen molar-refractivity contribution in [2.24, 2.45) is 0 Å². The second kappa shape index (κ2) is 13.5. The topological polar surface area (TPSA) is 80.8 Å². The second-order valence-corrected chi connectivity index (χ2v) is 12.9. The molecule has 1 aromatic heterocycles. The van der Waals surface area contributed by atoms with Crippen LogP contribution < -0.4 is 14.8 Å². The number of hydrogen-bond acceptors (Lipinski definition) is 8. The lowest BCUT2D eigenvalue weighted by molar-refractivity contribution is -0.137. The third-order valence-electron chi connectivity index (χ3n) is 6.94. The predicted octanol–water partition coefficient (Wildman–Crippen LogP) is 7.31. The molecule has 1 saturated carbocycles. The van der Waals surface area contributed by atoms with Crippen molar-refractivity contribution in [2.45, 2.75) is 50.8 Å². The van der Waals surface area contributed by atoms with Crippen molar-refractivity contribution in [1.29, 1.82) is 0 Å². The molecule has 0 bridgehead atoms. The van der Waals surface area contributed by atoms with E-state index in [0.717, 1.165) is 66.5 Å². The standard InChI is InChI=1S/C30H28F3N3O4S3/c1-39-24-14-19(10-11-23(24)40-21-8-3-2-4-9-21)15-25-27(38)36(29(41)43-25)17-26(37)35-28-34-16-22(42-28)13-18-6-5-7-20(12-18)30(31,32)33/h5-7,10-12,14-16,21H,2-4,8-9,13,17H2,1H3,(H,34,35,37)/b25-15-. The van der Waals surface area contributed by atoms with E-state index < -0.39 is 23.6 Å². The molecular weight excluding hydrogens is 620 g/mol. The van der Waals surface area contributed by atoms with Crippen molar-refractivity contribution >= 4 is 62.7 Å². The molecule has 0 atom stereocenters. The molecule has 2 amide bonds. The Morgan fingerprint density at radius 1 is 1.16 bits per heavy atom. The minimum atomic E-state index is -4.43. The van der Waals surface area contributed by atoms with Crippen molar-refractivity contribution in [1.82, 2.24) is 9.88 Å². The van der Waals surface area contributed by atoms with Gasteiger partial charge in [-0.2, -0.15) is 13.2 Å². The molecule has 13 heteroatoms. The number of aromatic nitrogens is 1. The van der Waals surface area contributed by atoms with Gasteiger partial charge in [0.1, 0.15) is 10.9 Å². The minimum absolute atomic E-state index is 0.169. The fourth-order valence-electron chi connectivity index (χ4n) is 4.83. The van der Waals surface area contributed by atoms with Crippen molar-refractivity contribution in [3.8, 4) is 11.5 Å². The lowest BCUT2D eigenvalue weighted by Crippen LogP contribution is -2.36. The van der Waals surface area contributed by atoms with Gasteiger partial charge in [0.05, 0.1) is 23.7 Å². The van der Waals surface area contributed by atoms with Crippen LogP contribution in [0.1, 0.15) is 53.7 Å². The number of anilines is 1. The Morgan fingerprint density at radius 2 is 1.95 bits per heavy atom. The molecule has 0 unspecified atom stereocenters. The average molecular weight is 648 g/mol. The number of nitrogens with zero attached hydrogens (tertiary/aromatic N) is 2. The number of ether oxygens (including phenoxy) is 2. The van der Waals surface area contributed by atoms with Crippen LogP contribution in [-0.2, 0) is 22.2 Å². The summed E-state index contributed by atoms with van der Waals surface area (Å²) in [5, 5.41) is 2.92. The highest BCUT2D eigenvalue weighted by Crippen LogP contribution is 2.36. The summed E-state index contributed by atoms with van der Waals surface area (Å²) in [4.78, 5) is 32.3. The predicted molar refractivity (Wildman–Crippen MR) is 165 cm³/mol. The first-order valence-corrected chi connectivity index (χ1v) is 15.6. The molecule has 1 aliphatic carbocycles. The van der Waals surface area contributed by atoms with Crippen molar-refractivity contribution in [3.63, 3.8) is 0 Å². The Morgan fingerprint density at radius 3 is 2.70 bits per heavy atom. The van der Waals surface area contributed by atoms with Gasteiger partial charge in [-0.05, 0) is 61.1 Å². The molecule has 3 aromatic rings. The number of amides is 2. The molecule has 226 valence electrons. The number of thiocarbonyl (C=S) groups is 1. The van der Waals surface area contributed by atoms with Crippen LogP contribution in [0.5, 0.6) is 11.5 Å². The summed E-state index contributed by atoms with van der Waals surface area (Å²) in [6.45, 7) is -0.304. The number of hydrogen-bond donors (Lipinski definition) is 1. The van der Waals surface area contributed by atoms with Crippen LogP contribution in [0.3, 0.4) is 0 Å². The lowest BCUT2D eigenvalue weighted by Gasteiger charge is -2.24. The van der Waals surface area contributed by atoms with Gasteiger partial charge in [-0.25, -0.2) is 4.98 Å². The summed E-state index contributed by atoms with van der Waals surface area (Å²) in [7, 11) is 1.57. The van der Waals surface area contributed by atoms with Crippen LogP contribution >= 0.6 is 35.3 Å². The van der Waals surface area contributed by atoms with E-state index in [1.54, 1.807) is 25.3 Å². The largest absolute Gasteiger partial charge is 0.493 e. The smallest absolute Gasteiger partial charge is 0.416 e. The van der Waals surface area contributed by atoms with Gasteiger partial charge >= 0.3 is 6.18 Å². The van der Waals surface area contributed by atoms with Crippen LogP contribution in [0.4, 0.5) is 18.3 Å². The number of rotatable bonds is 9. The molecule has 1 N–H and O–H groups in total. The second-order valence-electron chi connectivity index (χ2n) is 10.1. The van der Waals surface area contributed by atoms with Gasteiger partial charge in [0.15, 0.2) is 16.6 Å². The molecule has 7 nitrogen and oxygen atoms in total. The highest BCUT2D eigenvalue weighted by Gasteiger charge is 2.34. The minimum Gasteiger partial charge on any atom is -0.493 e. The summed E-state index contributed by atoms with van der Waals surface area (Å²) < 4.78 is 51.0. The Labute approximate surface area is 260 Å². The van der Waals surface area contributed by atoms with E-state index in [4.69, 9.17) is 21.7 Å². The lowest BCUT2D eigenvalue weighted by atomic mass is 9.98. The fraction of sp³-hybridized carbons (Fsp3) is 0.333. The first kappa shape index (κ1) is 31.0. The van der Waals surface area contributed by atoms with Gasteiger partial charge in [0.2, 0.25) is 5.91 Å². The molecule has 2 fully saturated rings. The zero-order valence-electron chi connectivity index (χ0n) is 23.1. The Balaban J connectivity index is 1.19. The molecule has 2 aromatic carbocycles. The summed E-state index contributed by atoms with van der Waals surface area (Å²) in [6.07, 6.45) is 4.75. The third kappa shape index (κ3) is 7.95. The molecule has 43 heavy (non-hydrogen) atoms. The van der Waals surface area contributed by atoms with E-state index in [2.05, 4.69) is 10.3 Å². The summed E-state index contributed by atoms with van der Waals surface area (Å²) >= 11 is 7.63. The molecule has 2 heterocycles. The van der Waals surface area contributed by atoms with Gasteiger partial charge in [-0.15, -0.1) is 11.3 Å². The molecule has 0 spiro atoms. The number of alkyl halides is 3. The summed E-state index contributed by atoms with van der Waals surface area (Å²) in [5.74, 6) is 0.348. The quantitative estimate of drug-likeness (QED) is 0.193. The number of halogens is 3. The maximum absolute atomic E-state index is 13.1. The highest BCUT2D eigenvalue weighted by atomic mass is 32.2. The van der Waals surface area contributed by atoms with E-state index in [9.17, 15) is 22.8 Å². The summed E-state index contributed by atoms with van der Waals surface area (Å²) in [6, 6.07) is 10.6. The van der Waals surface area contributed by atoms with E-state index in [-0.39, 0.29) is 28.5 Å². The Kier molecular flexibility index (Phi) is 9.72. The van der Waals surface area contributed by atoms with Crippen LogP contribution in [0.15, 0.2) is 53.6 Å². The number of carbonyl (C=O) groups is 2. The van der Waals surface area contributed by atoms with Gasteiger partial charge in [0.25, 0.3) is 5.91 Å². The monoisotopic (exact) mass is 647 g/mol. The zero-order valence-corrected chi connectivity index (χ0v) is 25.6. The van der Waals surface area contributed by atoms with E-state index in [1.165, 1.54) is 23.6 Å². The van der Waals surface area contributed by atoms with Gasteiger partial charge in [-0.3, -0.25) is 14.5 Å². The number of thiazole rings is 1. The average Bonchev–Trinajstić information content (AvgIpc) is 3.52. The number of thioether (sulfide) groups is 1. The first-order chi connectivity index (χ1) is 20.6. The van der Waals surface area contributed by atoms with E-state index >= 15 is 0 Å². The number of benzene rings is 2. The van der Waals surface area contributed by atoms with Crippen LogP contribution in [0.2, 0.25) is 0 Å². The van der Waals surface area contributed by atoms with E-state index in [1.807, 2.05) is 12.1 Å². The van der Waals surface area contributed by atoms with Crippen molar-refractivity contribution in [3.05, 3.63) is 75.1 Å². The number of carbonyl (C=O) groups excluding carboxylic acids is 2. The van der Waals surface area contributed by atoms with Gasteiger partial charge in [0, 0.05) is 17.5 Å². The van der Waals surface area contributed by atoms with E-state index in [0.29, 0.717) is 26.8 Å². The van der Waals surface area contributed by atoms with Crippen molar-refractivity contribution in [2.75, 3.05) is 19.0 Å². The normalized spacial score (nSPS) is 17.0. The third-order valence-corrected chi connectivity index (χ3v) is 9.23. The zero-order chi connectivity index (χ0) is 30.6. The summed E-state index contributed by atoms with van der Waals surface area (Å²) in [5.41, 5.74) is 0.485. The number of nitrogens with one attached hydrogen (secondary N) is 1. The molecule has 1 aliphatic heterocycles. The van der Waals surface area contributed by atoms with Gasteiger partial charge < -0.3 is 14.8 Å². The Hall–Kier alpha value is -3.42. The maximum atomic E-state index is 13.1. The van der Waals surface area contributed by atoms with Crippen LogP contribution in [-0.4, -0.2) is 45.8 Å². The fourth-order valence-corrected chi connectivity index (χ4v) is 6.95. The number of methoxy groups -OCH3 is 1. The molecule has 0 radical (unpaired) electrons. The maximum Gasteiger partial charge on any atom is 0.416 e. The highest BCUT2D eigenvalue weighted by molar-refractivity contribution is 8.26. The Bertz CT molecular complexity index is 1550. The molecule has 2 aliphatic rings. The SMILES string of the molecule is COc1cc(/C=C2\SC(=S)N(CC(=O)Nc3ncc(Cc4cccc(C(F)(F)F)c4)s3)C2=O)ccc1OC1CCCCC1. The van der Waals surface area contributed by atoms with Crippen LogP contribution in [0, 0.1) is 0 Å². The molecule has 5 rings (SSSR count). The van der Waals surface area contributed by atoms with Crippen molar-refractivity contribution < 1.29 is 32.2 Å². The van der Waals surface area contributed by atoms with Gasteiger partial charge in [-0.1, -0.05) is 54.7 Å². The molecular formula is C30H28F3N3O4S3. The first-order valence-electron chi connectivity index (χ1n) is 13.6.